The van der Waals surface area contributed by atoms with Crippen LogP contribution >= 0.6 is 11.6 Å². The number of hydrogen-bond donors (Lipinski definition) is 0. The third kappa shape index (κ3) is 3.32. The van der Waals surface area contributed by atoms with E-state index in [0.717, 1.165) is 5.56 Å². The molecular weight excluding hydrogens is 267 g/mol. The van der Waals surface area contributed by atoms with Gasteiger partial charge in [0, 0.05) is 11.6 Å². The second-order valence-electron chi connectivity index (χ2n) is 4.10. The van der Waals surface area contributed by atoms with Gasteiger partial charge in [0.25, 0.3) is 0 Å². The Bertz CT molecular complexity index is 611. The summed E-state index contributed by atoms with van der Waals surface area (Å²) in [4.78, 5) is 12.0. The van der Waals surface area contributed by atoms with Crippen LogP contribution in [0.15, 0.2) is 42.5 Å². The highest BCUT2D eigenvalue weighted by molar-refractivity contribution is 6.30. The summed E-state index contributed by atoms with van der Waals surface area (Å²) in [6.45, 7) is 1.76. The van der Waals surface area contributed by atoms with Crippen LogP contribution < -0.4 is 4.74 Å². The molecule has 0 spiro atoms. The fourth-order valence-corrected chi connectivity index (χ4v) is 1.85. The molecule has 2 aromatic carbocycles. The first-order valence-corrected chi connectivity index (χ1v) is 6.12. The smallest absolute Gasteiger partial charge is 0.200 e. The van der Waals surface area contributed by atoms with E-state index in [2.05, 4.69) is 0 Å². The molecule has 0 aliphatic carbocycles. The van der Waals surface area contributed by atoms with Gasteiger partial charge in [0.15, 0.2) is 12.4 Å². The van der Waals surface area contributed by atoms with E-state index in [0.29, 0.717) is 11.3 Å². The fraction of sp³-hybridized carbons (Fsp3) is 0.133. The van der Waals surface area contributed by atoms with Gasteiger partial charge in [-0.2, -0.15) is 0 Å². The summed E-state index contributed by atoms with van der Waals surface area (Å²) in [6, 6.07) is 11.3. The lowest BCUT2D eigenvalue weighted by atomic mass is 10.1. The van der Waals surface area contributed by atoms with Crippen molar-refractivity contribution < 1.29 is 13.9 Å². The molecule has 0 heterocycles. The molecule has 0 radical (unpaired) electrons. The summed E-state index contributed by atoms with van der Waals surface area (Å²) in [7, 11) is 0. The number of Topliss-reactive ketones (excluding diaryl/α,β-unsaturated/α-hetero) is 1. The quantitative estimate of drug-likeness (QED) is 0.789. The van der Waals surface area contributed by atoms with E-state index < -0.39 is 5.82 Å². The van der Waals surface area contributed by atoms with Crippen LogP contribution in [0.5, 0.6) is 5.75 Å². The van der Waals surface area contributed by atoms with Crippen LogP contribution in [-0.4, -0.2) is 12.4 Å². The molecule has 2 nitrogen and oxygen atoms in total. The number of hydrogen-bond acceptors (Lipinski definition) is 2. The normalized spacial score (nSPS) is 10.3. The molecular formula is C15H12ClFO2. The van der Waals surface area contributed by atoms with Crippen molar-refractivity contribution in [2.75, 3.05) is 6.61 Å². The van der Waals surface area contributed by atoms with Crippen LogP contribution in [0.1, 0.15) is 15.9 Å². The molecule has 0 unspecified atom stereocenters. The zero-order chi connectivity index (χ0) is 13.8. The Hall–Kier alpha value is -1.87. The van der Waals surface area contributed by atoms with E-state index in [-0.39, 0.29) is 17.4 Å². The van der Waals surface area contributed by atoms with Crippen molar-refractivity contribution in [3.63, 3.8) is 0 Å². The number of benzene rings is 2. The molecule has 0 saturated heterocycles. The van der Waals surface area contributed by atoms with Gasteiger partial charge in [-0.25, -0.2) is 4.39 Å². The van der Waals surface area contributed by atoms with Crippen LogP contribution in [0, 0.1) is 12.7 Å². The van der Waals surface area contributed by atoms with Crippen molar-refractivity contribution >= 4 is 17.4 Å². The van der Waals surface area contributed by atoms with Crippen LogP contribution in [0.2, 0.25) is 5.02 Å². The molecule has 0 amide bonds. The number of aryl methyl sites for hydroxylation is 1. The van der Waals surface area contributed by atoms with E-state index >= 15 is 0 Å². The van der Waals surface area contributed by atoms with Gasteiger partial charge in [-0.15, -0.1) is 0 Å². The minimum atomic E-state index is -0.515. The molecule has 19 heavy (non-hydrogen) atoms. The Kier molecular flexibility index (Phi) is 4.17. The zero-order valence-corrected chi connectivity index (χ0v) is 11.1. The molecule has 0 aromatic heterocycles. The highest BCUT2D eigenvalue weighted by atomic mass is 35.5. The van der Waals surface area contributed by atoms with Crippen LogP contribution in [0.4, 0.5) is 4.39 Å². The van der Waals surface area contributed by atoms with Gasteiger partial charge in [-0.05, 0) is 24.6 Å². The van der Waals surface area contributed by atoms with Gasteiger partial charge < -0.3 is 4.74 Å². The second-order valence-corrected chi connectivity index (χ2v) is 4.51. The van der Waals surface area contributed by atoms with Gasteiger partial charge >= 0.3 is 0 Å². The largest absolute Gasteiger partial charge is 0.485 e. The van der Waals surface area contributed by atoms with Crippen molar-refractivity contribution in [1.29, 1.82) is 0 Å². The van der Waals surface area contributed by atoms with Crippen LogP contribution in [0.25, 0.3) is 0 Å². The maximum atomic E-state index is 13.0. The maximum Gasteiger partial charge on any atom is 0.200 e. The van der Waals surface area contributed by atoms with Crippen molar-refractivity contribution in [2.45, 2.75) is 6.92 Å². The Balaban J connectivity index is 2.04. The molecule has 0 atom stereocenters. The Morgan fingerprint density at radius 3 is 2.68 bits per heavy atom. The van der Waals surface area contributed by atoms with Crippen molar-refractivity contribution in [3.8, 4) is 5.75 Å². The molecule has 2 rings (SSSR count). The first-order valence-electron chi connectivity index (χ1n) is 5.74. The summed E-state index contributed by atoms with van der Waals surface area (Å²) in [6.07, 6.45) is 0. The summed E-state index contributed by atoms with van der Waals surface area (Å²) in [5, 5.41) is -0.0270. The Morgan fingerprint density at radius 2 is 2.00 bits per heavy atom. The van der Waals surface area contributed by atoms with Crippen LogP contribution in [-0.2, 0) is 0 Å². The topological polar surface area (TPSA) is 26.3 Å². The molecule has 2 aromatic rings. The predicted molar refractivity (Wildman–Crippen MR) is 72.4 cm³/mol. The van der Waals surface area contributed by atoms with Gasteiger partial charge in [0.2, 0.25) is 0 Å². The summed E-state index contributed by atoms with van der Waals surface area (Å²) >= 11 is 5.63. The lowest BCUT2D eigenvalue weighted by Gasteiger charge is -2.07. The standard InChI is InChI=1S/C15H12ClFO2/c1-10-4-2-3-5-12(10)15(18)9-19-11-6-7-14(17)13(16)8-11/h2-8H,9H2,1H3. The summed E-state index contributed by atoms with van der Waals surface area (Å²) in [5.74, 6) is -0.272. The lowest BCUT2D eigenvalue weighted by molar-refractivity contribution is 0.0921. The molecule has 0 aliphatic heterocycles. The van der Waals surface area contributed by atoms with E-state index in [1.807, 2.05) is 19.1 Å². The molecule has 0 aliphatic rings. The molecule has 98 valence electrons. The second kappa shape index (κ2) is 5.85. The van der Waals surface area contributed by atoms with Gasteiger partial charge in [-0.1, -0.05) is 35.9 Å². The average Bonchev–Trinajstić information content (AvgIpc) is 2.40. The van der Waals surface area contributed by atoms with E-state index in [1.54, 1.807) is 12.1 Å². The SMILES string of the molecule is Cc1ccccc1C(=O)COc1ccc(F)c(Cl)c1. The van der Waals surface area contributed by atoms with E-state index in [1.165, 1.54) is 18.2 Å². The Morgan fingerprint density at radius 1 is 1.26 bits per heavy atom. The summed E-state index contributed by atoms with van der Waals surface area (Å²) in [5.41, 5.74) is 1.52. The number of carbonyl (C=O) groups is 1. The minimum Gasteiger partial charge on any atom is -0.485 e. The molecule has 0 fully saturated rings. The van der Waals surface area contributed by atoms with E-state index in [9.17, 15) is 9.18 Å². The lowest BCUT2D eigenvalue weighted by Crippen LogP contribution is -2.12. The molecule has 4 heteroatoms. The summed E-state index contributed by atoms with van der Waals surface area (Å²) < 4.78 is 18.3. The van der Waals surface area contributed by atoms with Crippen LogP contribution in [0.3, 0.4) is 0 Å². The monoisotopic (exact) mass is 278 g/mol. The first kappa shape index (κ1) is 13.6. The molecule has 0 bridgehead atoms. The maximum absolute atomic E-state index is 13.0. The fourth-order valence-electron chi connectivity index (χ4n) is 1.68. The highest BCUT2D eigenvalue weighted by Crippen LogP contribution is 2.21. The number of ketones is 1. The predicted octanol–water partition coefficient (Wildman–Crippen LogP) is 4.05. The van der Waals surface area contributed by atoms with Gasteiger partial charge in [0.05, 0.1) is 5.02 Å². The molecule has 0 saturated carbocycles. The number of ether oxygens (including phenoxy) is 1. The van der Waals surface area contributed by atoms with Crippen molar-refractivity contribution in [1.82, 2.24) is 0 Å². The first-order chi connectivity index (χ1) is 9.08. The van der Waals surface area contributed by atoms with Gasteiger partial charge in [-0.3, -0.25) is 4.79 Å². The highest BCUT2D eigenvalue weighted by Gasteiger charge is 2.10. The van der Waals surface area contributed by atoms with E-state index in [4.69, 9.17) is 16.3 Å². The average molecular weight is 279 g/mol. The molecule has 0 N–H and O–H groups in total. The number of rotatable bonds is 4. The third-order valence-corrected chi connectivity index (χ3v) is 3.00. The minimum absolute atomic E-state index is 0.0270. The zero-order valence-electron chi connectivity index (χ0n) is 10.3. The van der Waals surface area contributed by atoms with Crippen molar-refractivity contribution in [2.24, 2.45) is 0 Å². The third-order valence-electron chi connectivity index (χ3n) is 2.71. The number of halogens is 2. The Labute approximate surface area is 115 Å². The van der Waals surface area contributed by atoms with Crippen molar-refractivity contribution in [3.05, 3.63) is 64.4 Å². The number of carbonyl (C=O) groups excluding carboxylic acids is 1. The van der Waals surface area contributed by atoms with Gasteiger partial charge in [0.1, 0.15) is 11.6 Å².